The van der Waals surface area contributed by atoms with Gasteiger partial charge in [-0.15, -0.1) is 0 Å². The second kappa shape index (κ2) is 8.26. The van der Waals surface area contributed by atoms with E-state index >= 15 is 0 Å². The van der Waals surface area contributed by atoms with Crippen LogP contribution in [0, 0.1) is 11.8 Å². The van der Waals surface area contributed by atoms with Crippen LogP contribution in [0.15, 0.2) is 24.3 Å². The van der Waals surface area contributed by atoms with Gasteiger partial charge in [-0.3, -0.25) is 19.4 Å². The first kappa shape index (κ1) is 22.4. The van der Waals surface area contributed by atoms with Gasteiger partial charge in [0, 0.05) is 5.56 Å². The fraction of sp³-hybridized carbons (Fsp3) is 0.560. The maximum atomic E-state index is 13.6. The Morgan fingerprint density at radius 2 is 1.81 bits per heavy atom. The van der Waals surface area contributed by atoms with Gasteiger partial charge in [-0.2, -0.15) is 0 Å². The molecule has 1 saturated carbocycles. The molecule has 2 aliphatic heterocycles. The number of nitrogens with one attached hydrogen (secondary N) is 1. The number of fused-ring (bicyclic) bond motifs is 2. The Morgan fingerprint density at radius 1 is 1.19 bits per heavy atom. The number of rotatable bonds is 4. The topological polar surface area (TPSA) is 79.0 Å². The van der Waals surface area contributed by atoms with Crippen molar-refractivity contribution in [2.45, 2.75) is 71.5 Å². The molecule has 1 aliphatic carbocycles. The molecule has 1 aromatic carbocycles. The maximum Gasteiger partial charge on any atom is 0.324 e. The second-order valence-corrected chi connectivity index (χ2v) is 9.62. The summed E-state index contributed by atoms with van der Waals surface area (Å²) < 4.78 is 5.37. The molecule has 2 fully saturated rings. The highest BCUT2D eigenvalue weighted by Gasteiger charge is 2.50. The van der Waals surface area contributed by atoms with Gasteiger partial charge in [0.2, 0.25) is 11.8 Å². The monoisotopic (exact) mass is 439 g/mol. The van der Waals surface area contributed by atoms with Crippen molar-refractivity contribution < 1.29 is 19.1 Å². The molecule has 1 N–H and O–H groups in total. The average Bonchev–Trinajstić information content (AvgIpc) is 3.01. The zero-order chi connectivity index (χ0) is 23.2. The number of carbonyl (C=O) groups excluding carboxylic acids is 3. The number of carbonyl (C=O) groups is 3. The minimum atomic E-state index is -0.655. The van der Waals surface area contributed by atoms with E-state index in [1.807, 2.05) is 45.9 Å². The van der Waals surface area contributed by atoms with Crippen molar-refractivity contribution in [2.75, 3.05) is 12.0 Å². The van der Waals surface area contributed by atoms with Crippen molar-refractivity contribution in [1.82, 2.24) is 10.2 Å². The lowest BCUT2D eigenvalue weighted by Crippen LogP contribution is -2.59. The molecule has 7 nitrogen and oxygen atoms in total. The van der Waals surface area contributed by atoms with Crippen LogP contribution in [0.1, 0.15) is 65.4 Å². The first-order chi connectivity index (χ1) is 15.2. The largest absolute Gasteiger partial charge is 0.497 e. The van der Waals surface area contributed by atoms with Crippen molar-refractivity contribution in [3.05, 3.63) is 29.8 Å². The number of benzene rings is 1. The van der Waals surface area contributed by atoms with Crippen molar-refractivity contribution in [3.63, 3.8) is 0 Å². The van der Waals surface area contributed by atoms with E-state index in [0.29, 0.717) is 6.42 Å². The van der Waals surface area contributed by atoms with Gasteiger partial charge in [-0.05, 0) is 63.8 Å². The molecule has 2 heterocycles. The summed E-state index contributed by atoms with van der Waals surface area (Å²) in [6.07, 6.45) is 5.33. The van der Waals surface area contributed by atoms with Gasteiger partial charge in [0.05, 0.1) is 30.2 Å². The minimum absolute atomic E-state index is 0.134. The smallest absolute Gasteiger partial charge is 0.324 e. The molecule has 32 heavy (non-hydrogen) atoms. The number of nitrogens with zero attached hydrogens (tertiary/aromatic N) is 2. The zero-order valence-corrected chi connectivity index (χ0v) is 19.6. The number of ether oxygens (including phenoxy) is 1. The van der Waals surface area contributed by atoms with Gasteiger partial charge in [0.25, 0.3) is 0 Å². The number of methoxy groups -OCH3 is 1. The van der Waals surface area contributed by atoms with Crippen LogP contribution >= 0.6 is 0 Å². The van der Waals surface area contributed by atoms with Gasteiger partial charge in [-0.1, -0.05) is 25.8 Å². The Labute approximate surface area is 189 Å². The van der Waals surface area contributed by atoms with Crippen LogP contribution in [-0.2, 0) is 9.59 Å². The number of hydrogen-bond donors (Lipinski definition) is 1. The van der Waals surface area contributed by atoms with Gasteiger partial charge >= 0.3 is 6.03 Å². The summed E-state index contributed by atoms with van der Waals surface area (Å²) in [4.78, 5) is 42.8. The maximum absolute atomic E-state index is 13.6. The molecular weight excluding hydrogens is 406 g/mol. The fourth-order valence-electron chi connectivity index (χ4n) is 5.56. The minimum Gasteiger partial charge on any atom is -0.497 e. The highest BCUT2D eigenvalue weighted by atomic mass is 16.5. The molecule has 0 bridgehead atoms. The van der Waals surface area contributed by atoms with Gasteiger partial charge in [0.1, 0.15) is 11.9 Å². The number of likely N-dealkylation sites (tertiary alicyclic amines) is 1. The van der Waals surface area contributed by atoms with E-state index in [2.05, 4.69) is 11.4 Å². The van der Waals surface area contributed by atoms with Crippen molar-refractivity contribution >= 4 is 29.1 Å². The fourth-order valence-corrected chi connectivity index (χ4v) is 5.56. The van der Waals surface area contributed by atoms with Crippen LogP contribution in [0.25, 0.3) is 5.57 Å². The SMILES string of the molecule is CC[C@@H](NC(=O)N1c2ccc(OC)cc2C(C)=CC1(C)C)N1C(=O)[C@H]2CCCC[C@H]2C1=O. The van der Waals surface area contributed by atoms with Crippen molar-refractivity contribution in [1.29, 1.82) is 0 Å². The quantitative estimate of drug-likeness (QED) is 0.709. The summed E-state index contributed by atoms with van der Waals surface area (Å²) >= 11 is 0. The third kappa shape index (κ3) is 3.57. The molecule has 0 aromatic heterocycles. The average molecular weight is 440 g/mol. The summed E-state index contributed by atoms with van der Waals surface area (Å²) in [5.74, 6) is -0.00469. The first-order valence-electron chi connectivity index (χ1n) is 11.5. The first-order valence-corrected chi connectivity index (χ1v) is 11.5. The number of amides is 4. The van der Waals surface area contributed by atoms with Crippen LogP contribution < -0.4 is 15.0 Å². The third-order valence-corrected chi connectivity index (χ3v) is 7.08. The van der Waals surface area contributed by atoms with Gasteiger partial charge in [-0.25, -0.2) is 4.79 Å². The number of urea groups is 1. The van der Waals surface area contributed by atoms with Crippen LogP contribution in [0.2, 0.25) is 0 Å². The highest BCUT2D eigenvalue weighted by molar-refractivity contribution is 6.06. The molecule has 3 aliphatic rings. The third-order valence-electron chi connectivity index (χ3n) is 7.08. The van der Waals surface area contributed by atoms with E-state index in [9.17, 15) is 14.4 Å². The normalized spacial score (nSPS) is 25.1. The summed E-state index contributed by atoms with van der Waals surface area (Å²) in [6, 6.07) is 5.32. The van der Waals surface area contributed by atoms with Gasteiger partial charge < -0.3 is 10.1 Å². The number of hydrogen-bond acceptors (Lipinski definition) is 4. The predicted octanol–water partition coefficient (Wildman–Crippen LogP) is 4.32. The molecule has 0 unspecified atom stereocenters. The molecule has 1 saturated heterocycles. The Morgan fingerprint density at radius 3 is 2.38 bits per heavy atom. The number of anilines is 1. The molecule has 1 aromatic rings. The Kier molecular flexibility index (Phi) is 5.77. The molecule has 7 heteroatoms. The van der Waals surface area contributed by atoms with E-state index < -0.39 is 11.7 Å². The van der Waals surface area contributed by atoms with E-state index in [0.717, 1.165) is 48.3 Å². The Bertz CT molecular complexity index is 959. The molecule has 4 rings (SSSR count). The lowest BCUT2D eigenvalue weighted by atomic mass is 9.81. The van der Waals surface area contributed by atoms with E-state index in [1.54, 1.807) is 12.0 Å². The van der Waals surface area contributed by atoms with Crippen LogP contribution in [-0.4, -0.2) is 41.6 Å². The van der Waals surface area contributed by atoms with Crippen LogP contribution in [0.3, 0.4) is 0 Å². The molecule has 0 radical (unpaired) electrons. The number of imide groups is 1. The summed E-state index contributed by atoms with van der Waals surface area (Å²) in [6.45, 7) is 7.86. The predicted molar refractivity (Wildman–Crippen MR) is 123 cm³/mol. The molecule has 172 valence electrons. The van der Waals surface area contributed by atoms with E-state index in [4.69, 9.17) is 4.74 Å². The second-order valence-electron chi connectivity index (χ2n) is 9.62. The van der Waals surface area contributed by atoms with E-state index in [1.165, 1.54) is 4.90 Å². The summed E-state index contributed by atoms with van der Waals surface area (Å²) in [5.41, 5.74) is 2.18. The zero-order valence-electron chi connectivity index (χ0n) is 19.6. The van der Waals surface area contributed by atoms with Crippen molar-refractivity contribution in [3.8, 4) is 5.75 Å². The van der Waals surface area contributed by atoms with Crippen LogP contribution in [0.5, 0.6) is 5.75 Å². The lowest BCUT2D eigenvalue weighted by molar-refractivity contribution is -0.143. The molecular formula is C25H33N3O4. The lowest BCUT2D eigenvalue weighted by Gasteiger charge is -2.42. The summed E-state index contributed by atoms with van der Waals surface area (Å²) in [5, 5.41) is 3.00. The van der Waals surface area contributed by atoms with Crippen molar-refractivity contribution in [2.24, 2.45) is 11.8 Å². The molecule has 4 amide bonds. The Hall–Kier alpha value is -2.83. The summed E-state index contributed by atoms with van der Waals surface area (Å²) in [7, 11) is 1.62. The standard InChI is InChI=1S/C25H33N3O4/c1-6-21(27-22(29)17-9-7-8-10-18(17)23(27)30)26-24(31)28-20-12-11-16(32-5)13-19(20)15(2)14-25(28,3)4/h11-14,17-18,21H,6-10H2,1-5H3,(H,26,31)/t17-,18+,21-/m0/s1. The number of allylic oxidation sites excluding steroid dienone is 1. The molecule has 0 spiro atoms. The van der Waals surface area contributed by atoms with E-state index in [-0.39, 0.29) is 29.7 Å². The highest BCUT2D eigenvalue weighted by Crippen LogP contribution is 2.41. The Balaban J connectivity index is 1.62. The van der Waals surface area contributed by atoms with Crippen LogP contribution in [0.4, 0.5) is 10.5 Å². The van der Waals surface area contributed by atoms with Gasteiger partial charge in [0.15, 0.2) is 0 Å². The molecule has 3 atom stereocenters.